The van der Waals surface area contributed by atoms with Gasteiger partial charge >= 0.3 is 0 Å². The minimum Gasteiger partial charge on any atom is -0.358 e. The average Bonchev–Trinajstić information content (AvgIpc) is 2.82. The Bertz CT molecular complexity index is 371. The molecule has 2 heterocycles. The summed E-state index contributed by atoms with van der Waals surface area (Å²) in [5, 5.41) is 6.78. The van der Waals surface area contributed by atoms with E-state index >= 15 is 0 Å². The monoisotopic (exact) mass is 268 g/mol. The molecule has 1 aromatic heterocycles. The summed E-state index contributed by atoms with van der Waals surface area (Å²) in [7, 11) is 0. The summed E-state index contributed by atoms with van der Waals surface area (Å²) in [6, 6.07) is 5.14. The molecule has 0 bridgehead atoms. The molecular weight excluding hydrogens is 248 g/mol. The number of aliphatic imine (C=N–C) groups is 1. The maximum atomic E-state index is 4.80. The van der Waals surface area contributed by atoms with Gasteiger partial charge in [-0.25, -0.2) is 0 Å². The number of thiophene rings is 1. The Morgan fingerprint density at radius 3 is 2.88 bits per heavy atom. The second-order valence-electron chi connectivity index (χ2n) is 4.76. The van der Waals surface area contributed by atoms with Gasteiger partial charge in [0.15, 0.2) is 5.17 Å². The molecule has 0 spiro atoms. The molecule has 0 aliphatic carbocycles. The van der Waals surface area contributed by atoms with Crippen LogP contribution in [0.1, 0.15) is 38.1 Å². The summed E-state index contributed by atoms with van der Waals surface area (Å²) >= 11 is 3.65. The van der Waals surface area contributed by atoms with Crippen molar-refractivity contribution in [3.63, 3.8) is 0 Å². The molecule has 0 fully saturated rings. The third-order valence-electron chi connectivity index (χ3n) is 3.01. The Balaban J connectivity index is 1.98. The van der Waals surface area contributed by atoms with Crippen LogP contribution in [-0.2, 0) is 0 Å². The Morgan fingerprint density at radius 1 is 1.41 bits per heavy atom. The van der Waals surface area contributed by atoms with E-state index in [1.807, 2.05) is 11.8 Å². The number of nitrogens with zero attached hydrogens (tertiary/aromatic N) is 1. The quantitative estimate of drug-likeness (QED) is 0.898. The van der Waals surface area contributed by atoms with Crippen LogP contribution in [-0.4, -0.2) is 17.0 Å². The first-order valence-corrected chi connectivity index (χ1v) is 8.04. The summed E-state index contributed by atoms with van der Waals surface area (Å²) in [6.45, 7) is 6.71. The van der Waals surface area contributed by atoms with E-state index in [-0.39, 0.29) is 0 Å². The number of rotatable bonds is 3. The lowest BCUT2D eigenvalue weighted by atomic mass is 10.0. The van der Waals surface area contributed by atoms with E-state index in [0.717, 1.165) is 5.17 Å². The van der Waals surface area contributed by atoms with Gasteiger partial charge in [-0.15, -0.1) is 11.3 Å². The minimum absolute atomic E-state index is 0.368. The number of nitrogens with one attached hydrogen (secondary N) is 1. The fourth-order valence-electron chi connectivity index (χ4n) is 1.88. The van der Waals surface area contributed by atoms with Gasteiger partial charge in [0.25, 0.3) is 0 Å². The molecule has 1 aromatic rings. The molecule has 2 atom stereocenters. The van der Waals surface area contributed by atoms with Gasteiger partial charge in [0.2, 0.25) is 0 Å². The molecule has 94 valence electrons. The van der Waals surface area contributed by atoms with Crippen LogP contribution in [0.5, 0.6) is 0 Å². The van der Waals surface area contributed by atoms with E-state index in [4.69, 9.17) is 4.99 Å². The second kappa shape index (κ2) is 5.91. The lowest BCUT2D eigenvalue weighted by Gasteiger charge is -2.25. The molecule has 4 heteroatoms. The zero-order chi connectivity index (χ0) is 12.3. The zero-order valence-corrected chi connectivity index (χ0v) is 12.3. The summed E-state index contributed by atoms with van der Waals surface area (Å²) in [4.78, 5) is 6.18. The molecule has 1 N–H and O–H groups in total. The highest BCUT2D eigenvalue weighted by Gasteiger charge is 2.19. The highest BCUT2D eigenvalue weighted by molar-refractivity contribution is 8.13. The fraction of sp³-hybridized carbons (Fsp3) is 0.615. The van der Waals surface area contributed by atoms with E-state index in [9.17, 15) is 0 Å². The molecule has 0 saturated carbocycles. The van der Waals surface area contributed by atoms with Crippen LogP contribution in [0.15, 0.2) is 22.5 Å². The van der Waals surface area contributed by atoms with Crippen molar-refractivity contribution in [2.75, 3.05) is 5.75 Å². The first kappa shape index (κ1) is 13.0. The third kappa shape index (κ3) is 3.49. The summed E-state index contributed by atoms with van der Waals surface area (Å²) in [5.41, 5.74) is 0. The van der Waals surface area contributed by atoms with E-state index in [1.165, 1.54) is 17.1 Å². The van der Waals surface area contributed by atoms with E-state index in [0.29, 0.717) is 18.0 Å². The normalized spacial score (nSPS) is 22.4. The standard InChI is InChI=1S/C13H20N2S2/c1-9(2)11-6-8-17-13(15-11)14-10(3)12-5-4-7-16-12/h4-5,7,9-11H,6,8H2,1-3H3,(H,14,15). The van der Waals surface area contributed by atoms with Crippen LogP contribution < -0.4 is 5.32 Å². The van der Waals surface area contributed by atoms with E-state index in [2.05, 4.69) is 43.6 Å². The van der Waals surface area contributed by atoms with Gasteiger partial charge in [-0.2, -0.15) is 0 Å². The second-order valence-corrected chi connectivity index (χ2v) is 6.83. The first-order chi connectivity index (χ1) is 8.16. The van der Waals surface area contributed by atoms with Gasteiger partial charge in [-0.1, -0.05) is 31.7 Å². The van der Waals surface area contributed by atoms with Crippen LogP contribution >= 0.6 is 23.1 Å². The smallest absolute Gasteiger partial charge is 0.157 e. The number of hydrogen-bond donors (Lipinski definition) is 1. The first-order valence-electron chi connectivity index (χ1n) is 6.17. The lowest BCUT2D eigenvalue weighted by molar-refractivity contribution is 0.482. The van der Waals surface area contributed by atoms with E-state index in [1.54, 1.807) is 11.3 Å². The van der Waals surface area contributed by atoms with Gasteiger partial charge in [0, 0.05) is 10.6 Å². The van der Waals surface area contributed by atoms with Crippen molar-refractivity contribution in [3.05, 3.63) is 22.4 Å². The molecule has 2 nitrogen and oxygen atoms in total. The predicted octanol–water partition coefficient (Wildman–Crippen LogP) is 3.92. The topological polar surface area (TPSA) is 24.4 Å². The van der Waals surface area contributed by atoms with Crippen molar-refractivity contribution >= 4 is 28.3 Å². The van der Waals surface area contributed by atoms with Crippen molar-refractivity contribution in [3.8, 4) is 0 Å². The molecule has 0 amide bonds. The Morgan fingerprint density at radius 2 is 2.24 bits per heavy atom. The van der Waals surface area contributed by atoms with Gasteiger partial charge in [0.05, 0.1) is 12.1 Å². The zero-order valence-electron chi connectivity index (χ0n) is 10.6. The van der Waals surface area contributed by atoms with Crippen LogP contribution in [0.3, 0.4) is 0 Å². The molecule has 0 saturated heterocycles. The minimum atomic E-state index is 0.368. The van der Waals surface area contributed by atoms with Crippen LogP contribution in [0.25, 0.3) is 0 Å². The molecular formula is C13H20N2S2. The highest BCUT2D eigenvalue weighted by Crippen LogP contribution is 2.24. The van der Waals surface area contributed by atoms with Crippen LogP contribution in [0, 0.1) is 5.92 Å². The largest absolute Gasteiger partial charge is 0.358 e. The van der Waals surface area contributed by atoms with Crippen LogP contribution in [0.4, 0.5) is 0 Å². The lowest BCUT2D eigenvalue weighted by Crippen LogP contribution is -2.30. The maximum absolute atomic E-state index is 4.80. The molecule has 1 aliphatic rings. The summed E-state index contributed by atoms with van der Waals surface area (Å²) in [6.07, 6.45) is 1.21. The predicted molar refractivity (Wildman–Crippen MR) is 79.0 cm³/mol. The fourth-order valence-corrected chi connectivity index (χ4v) is 3.64. The van der Waals surface area contributed by atoms with Gasteiger partial charge in [0.1, 0.15) is 0 Å². The third-order valence-corrected chi connectivity index (χ3v) is 5.01. The average molecular weight is 268 g/mol. The number of amidine groups is 1. The van der Waals surface area contributed by atoms with Crippen molar-refractivity contribution in [2.24, 2.45) is 10.9 Å². The van der Waals surface area contributed by atoms with Gasteiger partial charge < -0.3 is 5.32 Å². The van der Waals surface area contributed by atoms with Crippen LogP contribution in [0.2, 0.25) is 0 Å². The SMILES string of the molecule is CC(NC1=NC(C(C)C)CCS1)c1cccs1. The van der Waals surface area contributed by atoms with Crippen molar-refractivity contribution in [1.82, 2.24) is 5.32 Å². The molecule has 17 heavy (non-hydrogen) atoms. The van der Waals surface area contributed by atoms with Gasteiger partial charge in [-0.05, 0) is 30.7 Å². The molecule has 0 radical (unpaired) electrons. The Hall–Kier alpha value is -0.480. The molecule has 2 rings (SSSR count). The Kier molecular flexibility index (Phi) is 4.51. The van der Waals surface area contributed by atoms with Crippen molar-refractivity contribution < 1.29 is 0 Å². The maximum Gasteiger partial charge on any atom is 0.157 e. The summed E-state index contributed by atoms with van der Waals surface area (Å²) < 4.78 is 0. The highest BCUT2D eigenvalue weighted by atomic mass is 32.2. The Labute approximate surface area is 112 Å². The molecule has 0 aromatic carbocycles. The number of hydrogen-bond acceptors (Lipinski definition) is 4. The summed E-state index contributed by atoms with van der Waals surface area (Å²) in [5.74, 6) is 1.83. The van der Waals surface area contributed by atoms with Crippen molar-refractivity contribution in [2.45, 2.75) is 39.3 Å². The van der Waals surface area contributed by atoms with Crippen molar-refractivity contribution in [1.29, 1.82) is 0 Å². The molecule has 1 aliphatic heterocycles. The number of thioether (sulfide) groups is 1. The molecule has 2 unspecified atom stereocenters. The van der Waals surface area contributed by atoms with E-state index < -0.39 is 0 Å². The van der Waals surface area contributed by atoms with Gasteiger partial charge in [-0.3, -0.25) is 4.99 Å².